The van der Waals surface area contributed by atoms with Gasteiger partial charge in [-0.3, -0.25) is 0 Å². The molecule has 0 amide bonds. The summed E-state index contributed by atoms with van der Waals surface area (Å²) in [5.41, 5.74) is 6.75. The third-order valence-corrected chi connectivity index (χ3v) is 3.36. The number of unbranched alkanes of at least 4 members (excludes halogenated alkanes) is 2. The maximum Gasteiger partial charge on any atom is 0.329 e. The molecule has 0 heterocycles. The summed E-state index contributed by atoms with van der Waals surface area (Å²) < 4.78 is 16.1. The van der Waals surface area contributed by atoms with Crippen LogP contribution in [0.1, 0.15) is 31.2 Å². The largest absolute Gasteiger partial charge is 0.494 e. The van der Waals surface area contributed by atoms with Gasteiger partial charge >= 0.3 is 5.97 Å². The van der Waals surface area contributed by atoms with Crippen LogP contribution in [0.2, 0.25) is 0 Å². The molecule has 136 valence electrons. The van der Waals surface area contributed by atoms with E-state index >= 15 is 0 Å². The van der Waals surface area contributed by atoms with Crippen LogP contribution in [-0.2, 0) is 20.7 Å². The van der Waals surface area contributed by atoms with Crippen LogP contribution < -0.4 is 10.5 Å². The molecule has 6 heteroatoms. The summed E-state index contributed by atoms with van der Waals surface area (Å²) in [6.45, 7) is 2.87. The van der Waals surface area contributed by atoms with Crippen LogP contribution in [0.15, 0.2) is 24.3 Å². The first-order valence-electron chi connectivity index (χ1n) is 8.51. The number of carboxylic acids is 1. The number of carboxylic acid groups (broad SMARTS) is 1. The molecule has 0 aliphatic heterocycles. The number of nitrogens with two attached hydrogens (primary N) is 1. The Kier molecular flexibility index (Phi) is 11.7. The Morgan fingerprint density at radius 2 is 1.58 bits per heavy atom. The highest BCUT2D eigenvalue weighted by Crippen LogP contribution is 2.13. The van der Waals surface area contributed by atoms with Crippen molar-refractivity contribution in [1.82, 2.24) is 0 Å². The first-order chi connectivity index (χ1) is 11.7. The third kappa shape index (κ3) is 11.0. The first kappa shape index (κ1) is 20.4. The molecule has 0 bridgehead atoms. The monoisotopic (exact) mass is 339 g/mol. The van der Waals surface area contributed by atoms with Crippen molar-refractivity contribution in [2.45, 2.75) is 32.1 Å². The van der Waals surface area contributed by atoms with Crippen LogP contribution in [0, 0.1) is 0 Å². The van der Waals surface area contributed by atoms with Crippen LogP contribution in [-0.4, -0.2) is 50.7 Å². The fraction of sp³-hybridized carbons (Fsp3) is 0.611. The van der Waals surface area contributed by atoms with Gasteiger partial charge in [0.1, 0.15) is 12.4 Å². The molecule has 0 saturated heterocycles. The average molecular weight is 339 g/mol. The molecule has 0 aliphatic rings. The number of aliphatic carboxylic acids is 1. The lowest BCUT2D eigenvalue weighted by atomic mass is 10.1. The van der Waals surface area contributed by atoms with E-state index in [4.69, 9.17) is 25.1 Å². The molecule has 0 spiro atoms. The van der Waals surface area contributed by atoms with Gasteiger partial charge in [0.05, 0.1) is 6.61 Å². The van der Waals surface area contributed by atoms with Gasteiger partial charge in [-0.05, 0) is 56.3 Å². The minimum absolute atomic E-state index is 0.240. The second kappa shape index (κ2) is 13.8. The van der Waals surface area contributed by atoms with Crippen molar-refractivity contribution < 1.29 is 24.1 Å². The van der Waals surface area contributed by atoms with E-state index in [2.05, 4.69) is 12.1 Å². The maximum absolute atomic E-state index is 10.2. The van der Waals surface area contributed by atoms with E-state index in [-0.39, 0.29) is 6.61 Å². The fourth-order valence-electron chi connectivity index (χ4n) is 2.12. The normalized spacial score (nSPS) is 10.7. The summed E-state index contributed by atoms with van der Waals surface area (Å²) in [5, 5.41) is 8.39. The lowest BCUT2D eigenvalue weighted by Gasteiger charge is -2.07. The van der Waals surface area contributed by atoms with E-state index in [0.717, 1.165) is 37.9 Å². The Morgan fingerprint density at radius 3 is 2.29 bits per heavy atom. The van der Waals surface area contributed by atoms with Crippen molar-refractivity contribution >= 4 is 5.97 Å². The zero-order valence-corrected chi connectivity index (χ0v) is 14.2. The van der Waals surface area contributed by atoms with Crippen molar-refractivity contribution in [1.29, 1.82) is 0 Å². The highest BCUT2D eigenvalue weighted by Gasteiger charge is 1.97. The zero-order chi connectivity index (χ0) is 17.5. The van der Waals surface area contributed by atoms with E-state index < -0.39 is 5.97 Å². The van der Waals surface area contributed by atoms with Crippen LogP contribution in [0.25, 0.3) is 0 Å². The Labute approximate surface area is 143 Å². The second-order valence-electron chi connectivity index (χ2n) is 5.50. The summed E-state index contributed by atoms with van der Waals surface area (Å²) in [6.07, 6.45) is 4.66. The fourth-order valence-corrected chi connectivity index (χ4v) is 2.12. The number of ether oxygens (including phenoxy) is 3. The summed E-state index contributed by atoms with van der Waals surface area (Å²) in [6, 6.07) is 8.08. The minimum atomic E-state index is -0.940. The maximum atomic E-state index is 10.2. The molecule has 0 unspecified atom stereocenters. The molecule has 0 atom stereocenters. The molecule has 24 heavy (non-hydrogen) atoms. The SMILES string of the molecule is NCCc1ccc(OCCCCCOCCCOCC(=O)O)cc1. The third-order valence-electron chi connectivity index (χ3n) is 3.36. The molecule has 1 rings (SSSR count). The molecule has 1 aromatic rings. The molecule has 0 aromatic heterocycles. The smallest absolute Gasteiger partial charge is 0.329 e. The van der Waals surface area contributed by atoms with Crippen molar-refractivity contribution in [3.05, 3.63) is 29.8 Å². The van der Waals surface area contributed by atoms with Gasteiger partial charge in [-0.2, -0.15) is 0 Å². The Hall–Kier alpha value is -1.63. The molecule has 0 saturated carbocycles. The van der Waals surface area contributed by atoms with Crippen molar-refractivity contribution in [2.24, 2.45) is 5.73 Å². The number of benzene rings is 1. The van der Waals surface area contributed by atoms with Gasteiger partial charge in [-0.25, -0.2) is 4.79 Å². The quantitative estimate of drug-likeness (QED) is 0.476. The molecule has 6 nitrogen and oxygen atoms in total. The van der Waals surface area contributed by atoms with Crippen LogP contribution in [0.5, 0.6) is 5.75 Å². The summed E-state index contributed by atoms with van der Waals surface area (Å²) in [7, 11) is 0. The van der Waals surface area contributed by atoms with E-state index in [1.807, 2.05) is 12.1 Å². The second-order valence-corrected chi connectivity index (χ2v) is 5.50. The lowest BCUT2D eigenvalue weighted by molar-refractivity contribution is -0.142. The summed E-state index contributed by atoms with van der Waals surface area (Å²) in [4.78, 5) is 10.2. The number of carbonyl (C=O) groups is 1. The molecular formula is C18H29NO5. The average Bonchev–Trinajstić information content (AvgIpc) is 2.57. The topological polar surface area (TPSA) is 91.0 Å². The summed E-state index contributed by atoms with van der Waals surface area (Å²) >= 11 is 0. The van der Waals surface area contributed by atoms with E-state index in [1.165, 1.54) is 5.56 Å². The van der Waals surface area contributed by atoms with E-state index in [9.17, 15) is 4.79 Å². The Morgan fingerprint density at radius 1 is 0.917 bits per heavy atom. The van der Waals surface area contributed by atoms with Gasteiger partial charge in [0.25, 0.3) is 0 Å². The molecular weight excluding hydrogens is 310 g/mol. The standard InChI is InChI=1S/C18H29NO5/c19-10-9-16-5-7-17(8-6-16)24-14-3-1-2-11-22-12-4-13-23-15-18(20)21/h5-8H,1-4,9-15,19H2,(H,20,21). The van der Waals surface area contributed by atoms with Crippen LogP contribution in [0.3, 0.4) is 0 Å². The van der Waals surface area contributed by atoms with Crippen molar-refractivity contribution in [3.63, 3.8) is 0 Å². The Bertz CT molecular complexity index is 436. The van der Waals surface area contributed by atoms with Gasteiger partial charge in [-0.15, -0.1) is 0 Å². The molecule has 3 N–H and O–H groups in total. The van der Waals surface area contributed by atoms with Gasteiger partial charge in [0.2, 0.25) is 0 Å². The van der Waals surface area contributed by atoms with Crippen LogP contribution >= 0.6 is 0 Å². The van der Waals surface area contributed by atoms with E-state index in [1.54, 1.807) is 0 Å². The minimum Gasteiger partial charge on any atom is -0.494 e. The Balaban J connectivity index is 1.87. The molecule has 0 aliphatic carbocycles. The number of hydrogen-bond acceptors (Lipinski definition) is 5. The van der Waals surface area contributed by atoms with Crippen molar-refractivity contribution in [2.75, 3.05) is 39.6 Å². The van der Waals surface area contributed by atoms with Gasteiger partial charge in [0.15, 0.2) is 0 Å². The number of rotatable bonds is 15. The molecule has 0 fully saturated rings. The molecule has 1 aromatic carbocycles. The van der Waals surface area contributed by atoms with Gasteiger partial charge in [-0.1, -0.05) is 12.1 Å². The lowest BCUT2D eigenvalue weighted by Crippen LogP contribution is -2.09. The van der Waals surface area contributed by atoms with Gasteiger partial charge < -0.3 is 25.1 Å². The highest BCUT2D eigenvalue weighted by molar-refractivity contribution is 5.67. The molecule has 0 radical (unpaired) electrons. The van der Waals surface area contributed by atoms with E-state index in [0.29, 0.717) is 33.0 Å². The highest BCUT2D eigenvalue weighted by atomic mass is 16.5. The van der Waals surface area contributed by atoms with Gasteiger partial charge in [0, 0.05) is 19.8 Å². The zero-order valence-electron chi connectivity index (χ0n) is 14.2. The predicted molar refractivity (Wildman–Crippen MR) is 92.4 cm³/mol. The predicted octanol–water partition coefficient (Wildman–Crippen LogP) is 2.24. The number of hydrogen-bond donors (Lipinski definition) is 2. The summed E-state index contributed by atoms with van der Waals surface area (Å²) in [5.74, 6) is -0.0435. The van der Waals surface area contributed by atoms with Crippen LogP contribution in [0.4, 0.5) is 0 Å². The van der Waals surface area contributed by atoms with Crippen molar-refractivity contribution in [3.8, 4) is 5.75 Å². The first-order valence-corrected chi connectivity index (χ1v) is 8.51.